The van der Waals surface area contributed by atoms with Gasteiger partial charge in [0.2, 0.25) is 0 Å². The fraction of sp³-hybridized carbons (Fsp3) is 0.667. The summed E-state index contributed by atoms with van der Waals surface area (Å²) < 4.78 is 0. The van der Waals surface area contributed by atoms with Crippen molar-refractivity contribution in [1.82, 2.24) is 9.80 Å². The second kappa shape index (κ2) is 6.80. The Labute approximate surface area is 130 Å². The SMILES string of the molecule is CCC1CN(C)CCCN1CC(C)(C)c1ccc(N)cc1. The Morgan fingerprint density at radius 1 is 1.19 bits per heavy atom. The van der Waals surface area contributed by atoms with Crippen LogP contribution in [0.3, 0.4) is 0 Å². The molecule has 118 valence electrons. The van der Waals surface area contributed by atoms with Crippen molar-refractivity contribution < 1.29 is 0 Å². The van der Waals surface area contributed by atoms with Gasteiger partial charge in [0.1, 0.15) is 0 Å². The predicted octanol–water partition coefficient (Wildman–Crippen LogP) is 2.96. The molecule has 0 aliphatic carbocycles. The van der Waals surface area contributed by atoms with Crippen molar-refractivity contribution >= 4 is 5.69 Å². The highest BCUT2D eigenvalue weighted by Gasteiger charge is 2.29. The molecule has 1 atom stereocenters. The summed E-state index contributed by atoms with van der Waals surface area (Å²) in [5.41, 5.74) is 8.20. The zero-order valence-electron chi connectivity index (χ0n) is 14.1. The van der Waals surface area contributed by atoms with Crippen LogP contribution in [0.15, 0.2) is 24.3 Å². The van der Waals surface area contributed by atoms with Gasteiger partial charge in [-0.25, -0.2) is 0 Å². The average Bonchev–Trinajstić information content (AvgIpc) is 2.60. The van der Waals surface area contributed by atoms with Crippen LogP contribution < -0.4 is 5.73 Å². The van der Waals surface area contributed by atoms with E-state index in [4.69, 9.17) is 5.73 Å². The highest BCUT2D eigenvalue weighted by molar-refractivity contribution is 5.41. The molecule has 1 unspecified atom stereocenters. The highest BCUT2D eigenvalue weighted by Crippen LogP contribution is 2.27. The average molecular weight is 289 g/mol. The van der Waals surface area contributed by atoms with Crippen LogP contribution in [0.5, 0.6) is 0 Å². The Morgan fingerprint density at radius 2 is 1.86 bits per heavy atom. The van der Waals surface area contributed by atoms with Crippen LogP contribution >= 0.6 is 0 Å². The number of benzene rings is 1. The first-order chi connectivity index (χ1) is 9.92. The molecule has 0 radical (unpaired) electrons. The Bertz CT molecular complexity index is 438. The number of anilines is 1. The first-order valence-electron chi connectivity index (χ1n) is 8.21. The van der Waals surface area contributed by atoms with Crippen molar-refractivity contribution in [3.63, 3.8) is 0 Å². The van der Waals surface area contributed by atoms with Crippen LogP contribution in [0.25, 0.3) is 0 Å². The van der Waals surface area contributed by atoms with Crippen LogP contribution in [0, 0.1) is 0 Å². The quantitative estimate of drug-likeness (QED) is 0.865. The van der Waals surface area contributed by atoms with Crippen molar-refractivity contribution in [2.75, 3.05) is 39.0 Å². The third-order valence-corrected chi connectivity index (χ3v) is 4.79. The van der Waals surface area contributed by atoms with Crippen molar-refractivity contribution in [3.8, 4) is 0 Å². The van der Waals surface area contributed by atoms with Gasteiger partial charge < -0.3 is 10.6 Å². The number of rotatable bonds is 4. The van der Waals surface area contributed by atoms with Crippen molar-refractivity contribution in [2.45, 2.75) is 45.1 Å². The molecule has 1 aliphatic rings. The lowest BCUT2D eigenvalue weighted by molar-refractivity contribution is 0.153. The minimum Gasteiger partial charge on any atom is -0.399 e. The van der Waals surface area contributed by atoms with E-state index in [1.807, 2.05) is 12.1 Å². The minimum atomic E-state index is 0.157. The summed E-state index contributed by atoms with van der Waals surface area (Å²) in [4.78, 5) is 5.17. The summed E-state index contributed by atoms with van der Waals surface area (Å²) in [7, 11) is 2.25. The molecular formula is C18H31N3. The molecule has 21 heavy (non-hydrogen) atoms. The topological polar surface area (TPSA) is 32.5 Å². The number of nitrogens with zero attached hydrogens (tertiary/aromatic N) is 2. The first kappa shape index (κ1) is 16.3. The molecule has 0 spiro atoms. The zero-order chi connectivity index (χ0) is 15.5. The normalized spacial score (nSPS) is 22.2. The van der Waals surface area contributed by atoms with Gasteiger partial charge in [-0.3, -0.25) is 4.90 Å². The van der Waals surface area contributed by atoms with E-state index < -0.39 is 0 Å². The molecule has 3 nitrogen and oxygen atoms in total. The van der Waals surface area contributed by atoms with Crippen molar-refractivity contribution in [2.24, 2.45) is 0 Å². The molecule has 0 aromatic heterocycles. The maximum atomic E-state index is 5.82. The van der Waals surface area contributed by atoms with E-state index in [1.54, 1.807) is 0 Å². The summed E-state index contributed by atoms with van der Waals surface area (Å²) in [6.07, 6.45) is 2.49. The molecule has 1 aromatic rings. The van der Waals surface area contributed by atoms with Crippen molar-refractivity contribution in [3.05, 3.63) is 29.8 Å². The molecule has 2 N–H and O–H groups in total. The number of hydrogen-bond acceptors (Lipinski definition) is 3. The van der Waals surface area contributed by atoms with E-state index in [9.17, 15) is 0 Å². The molecule has 2 rings (SSSR count). The first-order valence-corrected chi connectivity index (χ1v) is 8.21. The lowest BCUT2D eigenvalue weighted by Crippen LogP contribution is -2.45. The molecule has 3 heteroatoms. The molecule has 0 saturated carbocycles. The van der Waals surface area contributed by atoms with E-state index >= 15 is 0 Å². The molecule has 1 fully saturated rings. The van der Waals surface area contributed by atoms with E-state index in [2.05, 4.69) is 49.8 Å². The zero-order valence-corrected chi connectivity index (χ0v) is 14.1. The van der Waals surface area contributed by atoms with Gasteiger partial charge >= 0.3 is 0 Å². The Kier molecular flexibility index (Phi) is 5.28. The van der Waals surface area contributed by atoms with Crippen molar-refractivity contribution in [1.29, 1.82) is 0 Å². The van der Waals surface area contributed by atoms with Gasteiger partial charge in [-0.2, -0.15) is 0 Å². The predicted molar refractivity (Wildman–Crippen MR) is 91.6 cm³/mol. The second-order valence-corrected chi connectivity index (χ2v) is 7.15. The van der Waals surface area contributed by atoms with Gasteiger partial charge in [0, 0.05) is 30.2 Å². The van der Waals surface area contributed by atoms with Gasteiger partial charge in [-0.05, 0) is 50.7 Å². The van der Waals surface area contributed by atoms with E-state index in [-0.39, 0.29) is 5.41 Å². The lowest BCUT2D eigenvalue weighted by Gasteiger charge is -2.37. The molecular weight excluding hydrogens is 258 g/mol. The second-order valence-electron chi connectivity index (χ2n) is 7.15. The number of hydrogen-bond donors (Lipinski definition) is 1. The molecule has 1 saturated heterocycles. The number of nitrogen functional groups attached to an aromatic ring is 1. The molecule has 0 amide bonds. The van der Waals surface area contributed by atoms with Crippen LogP contribution in [-0.2, 0) is 5.41 Å². The van der Waals surface area contributed by atoms with Gasteiger partial charge in [0.25, 0.3) is 0 Å². The van der Waals surface area contributed by atoms with Gasteiger partial charge in [0.15, 0.2) is 0 Å². The molecule has 1 aromatic carbocycles. The standard InChI is InChI=1S/C18H31N3/c1-5-17-13-20(4)11-6-12-21(17)14-18(2,3)15-7-9-16(19)10-8-15/h7-10,17H,5-6,11-14,19H2,1-4H3. The summed E-state index contributed by atoms with van der Waals surface area (Å²) in [6.45, 7) is 11.7. The van der Waals surface area contributed by atoms with E-state index in [0.29, 0.717) is 6.04 Å². The fourth-order valence-electron chi connectivity index (χ4n) is 3.42. The highest BCUT2D eigenvalue weighted by atomic mass is 15.2. The monoisotopic (exact) mass is 289 g/mol. The molecule has 0 bridgehead atoms. The Balaban J connectivity index is 2.11. The Hall–Kier alpha value is -1.06. The molecule has 1 heterocycles. The summed E-state index contributed by atoms with van der Waals surface area (Å²) >= 11 is 0. The fourth-order valence-corrected chi connectivity index (χ4v) is 3.42. The summed E-state index contributed by atoms with van der Waals surface area (Å²) in [5, 5.41) is 0. The van der Waals surface area contributed by atoms with Gasteiger partial charge in [0.05, 0.1) is 0 Å². The Morgan fingerprint density at radius 3 is 2.48 bits per heavy atom. The van der Waals surface area contributed by atoms with Crippen LogP contribution in [0.2, 0.25) is 0 Å². The van der Waals surface area contributed by atoms with Crippen LogP contribution in [0.4, 0.5) is 5.69 Å². The largest absolute Gasteiger partial charge is 0.399 e. The number of likely N-dealkylation sites (N-methyl/N-ethyl adjacent to an activating group) is 1. The van der Waals surface area contributed by atoms with E-state index in [1.165, 1.54) is 38.0 Å². The van der Waals surface area contributed by atoms with Gasteiger partial charge in [-0.15, -0.1) is 0 Å². The van der Waals surface area contributed by atoms with Gasteiger partial charge in [-0.1, -0.05) is 32.9 Å². The smallest absolute Gasteiger partial charge is 0.0314 e. The third-order valence-electron chi connectivity index (χ3n) is 4.79. The van der Waals surface area contributed by atoms with Crippen LogP contribution in [-0.4, -0.2) is 49.1 Å². The third kappa shape index (κ3) is 4.21. The van der Waals surface area contributed by atoms with Crippen LogP contribution in [0.1, 0.15) is 39.2 Å². The molecule has 1 aliphatic heterocycles. The van der Waals surface area contributed by atoms with E-state index in [0.717, 1.165) is 12.2 Å². The maximum Gasteiger partial charge on any atom is 0.0314 e. The lowest BCUT2D eigenvalue weighted by atomic mass is 9.83. The maximum absolute atomic E-state index is 5.82. The summed E-state index contributed by atoms with van der Waals surface area (Å²) in [6, 6.07) is 9.07. The number of nitrogens with two attached hydrogens (primary N) is 1. The summed E-state index contributed by atoms with van der Waals surface area (Å²) in [5.74, 6) is 0. The minimum absolute atomic E-state index is 0.157.